The van der Waals surface area contributed by atoms with Gasteiger partial charge in [-0.15, -0.1) is 0 Å². The minimum atomic E-state index is -4.17. The molecule has 0 aromatic rings. The predicted molar refractivity (Wildman–Crippen MR) is 36.8 cm³/mol. The highest BCUT2D eigenvalue weighted by molar-refractivity contribution is 7.83. The lowest BCUT2D eigenvalue weighted by Crippen LogP contribution is -2.48. The molecule has 0 saturated heterocycles. The van der Waals surface area contributed by atoms with Crippen molar-refractivity contribution in [2.45, 2.75) is 13.8 Å². The molecule has 0 saturated carbocycles. The molecule has 0 aliphatic rings. The molecule has 0 rings (SSSR count). The van der Waals surface area contributed by atoms with Crippen LogP contribution in [0.4, 0.5) is 0 Å². The molecule has 0 aromatic heterocycles. The van der Waals surface area contributed by atoms with Crippen LogP contribution in [0.2, 0.25) is 0 Å². The van der Waals surface area contributed by atoms with Crippen molar-refractivity contribution in [2.75, 3.05) is 13.1 Å². The molecule has 0 atom stereocenters. The summed E-state index contributed by atoms with van der Waals surface area (Å²) >= 11 is 0. The number of hydrogen-bond acceptors (Lipinski definition) is 3. The van der Waals surface area contributed by atoms with Crippen molar-refractivity contribution >= 4 is 10.3 Å². The van der Waals surface area contributed by atoms with Crippen LogP contribution in [0.15, 0.2) is 0 Å². The molecule has 0 unspecified atom stereocenters. The monoisotopic (exact) mass is 170 g/mol. The van der Waals surface area contributed by atoms with E-state index in [0.717, 1.165) is 6.54 Å². The van der Waals surface area contributed by atoms with Crippen molar-refractivity contribution in [3.8, 4) is 0 Å². The molecule has 0 aliphatic heterocycles. The van der Waals surface area contributed by atoms with Gasteiger partial charge in [-0.3, -0.25) is 0 Å². The molecule has 4 N–H and O–H groups in total. The van der Waals surface area contributed by atoms with Gasteiger partial charge in [0.05, 0.1) is 6.54 Å². The molecule has 0 spiro atoms. The first-order valence-electron chi connectivity index (χ1n) is 2.97. The van der Waals surface area contributed by atoms with Crippen molar-refractivity contribution in [3.05, 3.63) is 0 Å². The Morgan fingerprint density at radius 2 is 1.80 bits per heavy atom. The van der Waals surface area contributed by atoms with Gasteiger partial charge in [-0.25, -0.2) is 13.1 Å². The molecule has 0 bridgehead atoms. The summed E-state index contributed by atoms with van der Waals surface area (Å²) in [6.07, 6.45) is 0. The molecule has 64 valence electrons. The fourth-order valence-electron chi connectivity index (χ4n) is 0.177. The molecule has 0 aromatic carbocycles. The SMILES string of the molecule is CCNS(=O)(=O)[O-].CC[NH3+]. The standard InChI is InChI=1S/C2H7NO3S.C2H7N/c1-2-3-7(4,5)6;1-2-3/h3H,2H2,1H3,(H,4,5,6);2-3H2,1H3. The zero-order chi connectivity index (χ0) is 8.62. The Morgan fingerprint density at radius 3 is 1.80 bits per heavy atom. The van der Waals surface area contributed by atoms with Gasteiger partial charge in [0.1, 0.15) is 0 Å². The van der Waals surface area contributed by atoms with Gasteiger partial charge in [-0.1, -0.05) is 6.92 Å². The van der Waals surface area contributed by atoms with E-state index >= 15 is 0 Å². The van der Waals surface area contributed by atoms with Crippen LogP contribution >= 0.6 is 0 Å². The largest absolute Gasteiger partial charge is 0.735 e. The first kappa shape index (κ1) is 12.5. The third-order valence-electron chi connectivity index (χ3n) is 0.321. The Morgan fingerprint density at radius 1 is 1.50 bits per heavy atom. The van der Waals surface area contributed by atoms with Crippen LogP contribution in [0, 0.1) is 0 Å². The topological polar surface area (TPSA) is 96.9 Å². The molecular weight excluding hydrogens is 156 g/mol. The average Bonchev–Trinajstić information content (AvgIpc) is 1.63. The van der Waals surface area contributed by atoms with Crippen LogP contribution in [0.3, 0.4) is 0 Å². The third-order valence-corrected chi connectivity index (χ3v) is 0.963. The molecule has 10 heavy (non-hydrogen) atoms. The van der Waals surface area contributed by atoms with E-state index in [-0.39, 0.29) is 6.54 Å². The fraction of sp³-hybridized carbons (Fsp3) is 1.00. The first-order valence-corrected chi connectivity index (χ1v) is 4.38. The zero-order valence-electron chi connectivity index (χ0n) is 6.25. The Kier molecular flexibility index (Phi) is 8.68. The van der Waals surface area contributed by atoms with Crippen molar-refractivity contribution in [1.29, 1.82) is 0 Å². The summed E-state index contributed by atoms with van der Waals surface area (Å²) in [6.45, 7) is 4.71. The van der Waals surface area contributed by atoms with Crippen molar-refractivity contribution in [1.82, 2.24) is 4.72 Å². The van der Waals surface area contributed by atoms with Crippen LogP contribution < -0.4 is 10.5 Å². The quantitative estimate of drug-likeness (QED) is 0.483. The van der Waals surface area contributed by atoms with Gasteiger partial charge in [-0.2, -0.15) is 0 Å². The van der Waals surface area contributed by atoms with Gasteiger partial charge >= 0.3 is 0 Å². The third kappa shape index (κ3) is 24.9. The lowest BCUT2D eigenvalue weighted by atomic mass is 10.8. The summed E-state index contributed by atoms with van der Waals surface area (Å²) in [6, 6.07) is 0. The van der Waals surface area contributed by atoms with Gasteiger partial charge in [0.15, 0.2) is 10.3 Å². The minimum absolute atomic E-state index is 0.159. The fourth-order valence-corrected chi connectivity index (χ4v) is 0.530. The molecular formula is C4H14N2O3S. The van der Waals surface area contributed by atoms with Crippen molar-refractivity contribution in [2.24, 2.45) is 0 Å². The number of quaternary nitrogens is 1. The summed E-state index contributed by atoms with van der Waals surface area (Å²) in [5.41, 5.74) is 3.49. The average molecular weight is 170 g/mol. The summed E-state index contributed by atoms with van der Waals surface area (Å²) in [5.74, 6) is 0. The number of hydrogen-bond donors (Lipinski definition) is 2. The molecule has 0 fully saturated rings. The maximum absolute atomic E-state index is 9.56. The molecule has 6 heteroatoms. The Bertz CT molecular complexity index is 143. The van der Waals surface area contributed by atoms with E-state index in [9.17, 15) is 13.0 Å². The molecule has 0 aliphatic carbocycles. The van der Waals surface area contributed by atoms with E-state index < -0.39 is 10.3 Å². The van der Waals surface area contributed by atoms with Gasteiger partial charge in [0, 0.05) is 6.54 Å². The van der Waals surface area contributed by atoms with Gasteiger partial charge in [0.25, 0.3) is 0 Å². The summed E-state index contributed by atoms with van der Waals surface area (Å²) in [7, 11) is -4.17. The van der Waals surface area contributed by atoms with E-state index in [0.29, 0.717) is 0 Å². The smallest absolute Gasteiger partial charge is 0.159 e. The van der Waals surface area contributed by atoms with Crippen LogP contribution in [0.5, 0.6) is 0 Å². The van der Waals surface area contributed by atoms with Crippen LogP contribution in [-0.4, -0.2) is 26.1 Å². The predicted octanol–water partition coefficient (Wildman–Crippen LogP) is -1.70. The first-order chi connectivity index (χ1) is 4.47. The Labute approximate surface area is 61.5 Å². The summed E-state index contributed by atoms with van der Waals surface area (Å²) in [4.78, 5) is 0. The summed E-state index contributed by atoms with van der Waals surface area (Å²) < 4.78 is 30.4. The van der Waals surface area contributed by atoms with Crippen LogP contribution in [0.25, 0.3) is 0 Å². The van der Waals surface area contributed by atoms with E-state index in [1.807, 2.05) is 6.92 Å². The normalized spacial score (nSPS) is 10.0. The highest BCUT2D eigenvalue weighted by Crippen LogP contribution is 1.66. The maximum Gasteiger partial charge on any atom is 0.159 e. The second-order valence-corrected chi connectivity index (χ2v) is 2.65. The lowest BCUT2D eigenvalue weighted by molar-refractivity contribution is -0.361. The van der Waals surface area contributed by atoms with E-state index in [1.54, 1.807) is 4.72 Å². The number of rotatable bonds is 2. The van der Waals surface area contributed by atoms with Gasteiger partial charge < -0.3 is 10.3 Å². The second-order valence-electron chi connectivity index (χ2n) is 1.45. The van der Waals surface area contributed by atoms with E-state index in [1.165, 1.54) is 6.92 Å². The second kappa shape index (κ2) is 6.94. The Balaban J connectivity index is 0. The molecule has 0 amide bonds. The molecule has 0 heterocycles. The minimum Gasteiger partial charge on any atom is -0.735 e. The van der Waals surface area contributed by atoms with Crippen molar-refractivity contribution < 1.29 is 18.7 Å². The number of nitrogens with one attached hydrogen (secondary N) is 1. The zero-order valence-corrected chi connectivity index (χ0v) is 7.07. The molecule has 5 nitrogen and oxygen atoms in total. The lowest BCUT2D eigenvalue weighted by Gasteiger charge is -2.03. The van der Waals surface area contributed by atoms with E-state index in [4.69, 9.17) is 0 Å². The molecule has 0 radical (unpaired) electrons. The Hall–Kier alpha value is -0.170. The maximum atomic E-state index is 9.56. The highest BCUT2D eigenvalue weighted by Gasteiger charge is 1.83. The van der Waals surface area contributed by atoms with Gasteiger partial charge in [0.2, 0.25) is 0 Å². The van der Waals surface area contributed by atoms with Crippen LogP contribution in [-0.2, 0) is 10.3 Å². The van der Waals surface area contributed by atoms with Gasteiger partial charge in [-0.05, 0) is 6.92 Å². The highest BCUT2D eigenvalue weighted by atomic mass is 32.2. The van der Waals surface area contributed by atoms with Crippen molar-refractivity contribution in [3.63, 3.8) is 0 Å². The van der Waals surface area contributed by atoms with E-state index in [2.05, 4.69) is 5.73 Å². The summed E-state index contributed by atoms with van der Waals surface area (Å²) in [5, 5.41) is 0. The van der Waals surface area contributed by atoms with Crippen LogP contribution in [0.1, 0.15) is 13.8 Å².